The summed E-state index contributed by atoms with van der Waals surface area (Å²) in [4.78, 5) is 9.08. The standard InChI is InChI=1S/C12H15ClN4/c1-17(2)12-4-3-9(13)5-11(12)15-7-10-6-14-8-16-10/h3-6,8,15H,7H2,1-2H3,(H,14,16). The Morgan fingerprint density at radius 2 is 2.24 bits per heavy atom. The molecule has 17 heavy (non-hydrogen) atoms. The van der Waals surface area contributed by atoms with E-state index in [4.69, 9.17) is 11.6 Å². The molecular formula is C12H15ClN4. The van der Waals surface area contributed by atoms with Gasteiger partial charge in [-0.25, -0.2) is 4.98 Å². The molecule has 0 amide bonds. The molecule has 1 aromatic carbocycles. The van der Waals surface area contributed by atoms with Crippen LogP contribution in [-0.2, 0) is 6.54 Å². The number of imidazole rings is 1. The van der Waals surface area contributed by atoms with Crippen molar-refractivity contribution in [2.24, 2.45) is 0 Å². The van der Waals surface area contributed by atoms with Gasteiger partial charge in [0.25, 0.3) is 0 Å². The van der Waals surface area contributed by atoms with Crippen LogP contribution in [0.5, 0.6) is 0 Å². The number of aromatic nitrogens is 2. The summed E-state index contributed by atoms with van der Waals surface area (Å²) in [6, 6.07) is 5.81. The highest BCUT2D eigenvalue weighted by Gasteiger charge is 2.05. The number of hydrogen-bond donors (Lipinski definition) is 2. The molecule has 0 atom stereocenters. The van der Waals surface area contributed by atoms with Crippen LogP contribution in [0, 0.1) is 0 Å². The van der Waals surface area contributed by atoms with Gasteiger partial charge >= 0.3 is 0 Å². The highest BCUT2D eigenvalue weighted by atomic mass is 35.5. The second-order valence-corrected chi connectivity index (χ2v) is 4.42. The highest BCUT2D eigenvalue weighted by Crippen LogP contribution is 2.27. The van der Waals surface area contributed by atoms with E-state index in [9.17, 15) is 0 Å². The normalized spacial score (nSPS) is 10.3. The maximum atomic E-state index is 6.00. The Labute approximate surface area is 106 Å². The van der Waals surface area contributed by atoms with Gasteiger partial charge in [-0.1, -0.05) is 11.6 Å². The number of nitrogens with one attached hydrogen (secondary N) is 2. The summed E-state index contributed by atoms with van der Waals surface area (Å²) < 4.78 is 0. The second kappa shape index (κ2) is 5.10. The summed E-state index contributed by atoms with van der Waals surface area (Å²) in [5, 5.41) is 4.07. The number of H-pyrrole nitrogens is 1. The summed E-state index contributed by atoms with van der Waals surface area (Å²) in [7, 11) is 4.01. The Bertz CT molecular complexity index is 479. The molecule has 0 bridgehead atoms. The van der Waals surface area contributed by atoms with E-state index in [-0.39, 0.29) is 0 Å². The zero-order valence-corrected chi connectivity index (χ0v) is 10.6. The lowest BCUT2D eigenvalue weighted by atomic mass is 10.2. The molecule has 0 aliphatic carbocycles. The summed E-state index contributed by atoms with van der Waals surface area (Å²) in [6.45, 7) is 0.696. The van der Waals surface area contributed by atoms with Crippen LogP contribution in [-0.4, -0.2) is 24.1 Å². The van der Waals surface area contributed by atoms with Crippen LogP contribution in [0.25, 0.3) is 0 Å². The maximum Gasteiger partial charge on any atom is 0.0922 e. The van der Waals surface area contributed by atoms with E-state index in [1.807, 2.05) is 37.2 Å². The van der Waals surface area contributed by atoms with Crippen LogP contribution < -0.4 is 10.2 Å². The van der Waals surface area contributed by atoms with Crippen LogP contribution in [0.1, 0.15) is 5.69 Å². The third-order valence-corrected chi connectivity index (χ3v) is 2.70. The lowest BCUT2D eigenvalue weighted by Gasteiger charge is -2.18. The van der Waals surface area contributed by atoms with Crippen molar-refractivity contribution in [2.75, 3.05) is 24.3 Å². The van der Waals surface area contributed by atoms with Crippen LogP contribution in [0.3, 0.4) is 0 Å². The van der Waals surface area contributed by atoms with Gasteiger partial charge in [0.2, 0.25) is 0 Å². The van der Waals surface area contributed by atoms with E-state index >= 15 is 0 Å². The molecule has 1 heterocycles. The summed E-state index contributed by atoms with van der Waals surface area (Å²) in [6.07, 6.45) is 3.47. The fourth-order valence-corrected chi connectivity index (χ4v) is 1.78. The van der Waals surface area contributed by atoms with Crippen molar-refractivity contribution in [3.05, 3.63) is 41.4 Å². The van der Waals surface area contributed by atoms with Crippen molar-refractivity contribution in [1.82, 2.24) is 9.97 Å². The van der Waals surface area contributed by atoms with Gasteiger partial charge in [-0.2, -0.15) is 0 Å². The number of halogens is 1. The van der Waals surface area contributed by atoms with Crippen LogP contribution in [0.4, 0.5) is 11.4 Å². The molecule has 2 N–H and O–H groups in total. The van der Waals surface area contributed by atoms with E-state index < -0.39 is 0 Å². The minimum Gasteiger partial charge on any atom is -0.378 e. The molecular weight excluding hydrogens is 236 g/mol. The average molecular weight is 251 g/mol. The molecule has 0 fully saturated rings. The second-order valence-electron chi connectivity index (χ2n) is 3.99. The van der Waals surface area contributed by atoms with Gasteiger partial charge in [0.1, 0.15) is 0 Å². The molecule has 5 heteroatoms. The van der Waals surface area contributed by atoms with Crippen molar-refractivity contribution >= 4 is 23.0 Å². The van der Waals surface area contributed by atoms with Gasteiger partial charge in [-0.3, -0.25) is 0 Å². The summed E-state index contributed by atoms with van der Waals surface area (Å²) in [5.74, 6) is 0. The van der Waals surface area contributed by atoms with E-state index in [1.54, 1.807) is 12.5 Å². The Kier molecular flexibility index (Phi) is 3.54. The average Bonchev–Trinajstić information content (AvgIpc) is 2.78. The molecule has 2 rings (SSSR count). The fourth-order valence-electron chi connectivity index (χ4n) is 1.61. The predicted octanol–water partition coefficient (Wildman–Crippen LogP) is 2.74. The summed E-state index contributed by atoms with van der Waals surface area (Å²) >= 11 is 6.00. The van der Waals surface area contributed by atoms with E-state index in [0.717, 1.165) is 22.1 Å². The lowest BCUT2D eigenvalue weighted by Crippen LogP contribution is -2.12. The highest BCUT2D eigenvalue weighted by molar-refractivity contribution is 6.31. The molecule has 90 valence electrons. The lowest BCUT2D eigenvalue weighted by molar-refractivity contribution is 1.06. The number of anilines is 2. The van der Waals surface area contributed by atoms with Gasteiger partial charge in [0, 0.05) is 25.3 Å². The van der Waals surface area contributed by atoms with Gasteiger partial charge in [-0.15, -0.1) is 0 Å². The maximum absolute atomic E-state index is 6.00. The first kappa shape index (κ1) is 11.8. The van der Waals surface area contributed by atoms with Crippen molar-refractivity contribution in [3.8, 4) is 0 Å². The predicted molar refractivity (Wildman–Crippen MR) is 71.7 cm³/mol. The fraction of sp³-hybridized carbons (Fsp3) is 0.250. The first-order chi connectivity index (χ1) is 8.16. The zero-order chi connectivity index (χ0) is 12.3. The van der Waals surface area contributed by atoms with Gasteiger partial charge in [0.15, 0.2) is 0 Å². The third kappa shape index (κ3) is 2.91. The van der Waals surface area contributed by atoms with Crippen molar-refractivity contribution < 1.29 is 0 Å². The minimum atomic E-state index is 0.696. The topological polar surface area (TPSA) is 44.0 Å². The van der Waals surface area contributed by atoms with Crippen LogP contribution in [0.2, 0.25) is 5.02 Å². The van der Waals surface area contributed by atoms with Gasteiger partial charge in [-0.05, 0) is 18.2 Å². The van der Waals surface area contributed by atoms with Gasteiger partial charge in [0.05, 0.1) is 29.9 Å². The molecule has 0 spiro atoms. The molecule has 0 aliphatic rings. The van der Waals surface area contributed by atoms with Gasteiger partial charge < -0.3 is 15.2 Å². The molecule has 0 saturated heterocycles. The molecule has 1 aromatic heterocycles. The van der Waals surface area contributed by atoms with Crippen molar-refractivity contribution in [3.63, 3.8) is 0 Å². The van der Waals surface area contributed by atoms with E-state index in [0.29, 0.717) is 6.54 Å². The quantitative estimate of drug-likeness (QED) is 0.877. The summed E-state index contributed by atoms with van der Waals surface area (Å²) in [5.41, 5.74) is 3.15. The van der Waals surface area contributed by atoms with Crippen LogP contribution >= 0.6 is 11.6 Å². The minimum absolute atomic E-state index is 0.696. The number of aromatic amines is 1. The first-order valence-electron chi connectivity index (χ1n) is 5.35. The smallest absolute Gasteiger partial charge is 0.0922 e. The molecule has 0 saturated carbocycles. The largest absolute Gasteiger partial charge is 0.378 e. The SMILES string of the molecule is CN(C)c1ccc(Cl)cc1NCc1cnc[nH]1. The number of nitrogens with zero attached hydrogens (tertiary/aromatic N) is 2. The van der Waals surface area contributed by atoms with Crippen molar-refractivity contribution in [2.45, 2.75) is 6.54 Å². The van der Waals surface area contributed by atoms with Crippen LogP contribution in [0.15, 0.2) is 30.7 Å². The molecule has 4 nitrogen and oxygen atoms in total. The zero-order valence-electron chi connectivity index (χ0n) is 9.87. The number of rotatable bonds is 4. The molecule has 0 radical (unpaired) electrons. The van der Waals surface area contributed by atoms with Crippen molar-refractivity contribution in [1.29, 1.82) is 0 Å². The molecule has 2 aromatic rings. The Morgan fingerprint density at radius 1 is 1.41 bits per heavy atom. The Balaban J connectivity index is 2.16. The number of benzene rings is 1. The molecule has 0 unspecified atom stereocenters. The third-order valence-electron chi connectivity index (χ3n) is 2.46. The molecule has 0 aliphatic heterocycles. The Morgan fingerprint density at radius 3 is 2.88 bits per heavy atom. The van der Waals surface area contributed by atoms with E-state index in [1.165, 1.54) is 0 Å². The first-order valence-corrected chi connectivity index (χ1v) is 5.72. The van der Waals surface area contributed by atoms with E-state index in [2.05, 4.69) is 15.3 Å². The number of hydrogen-bond acceptors (Lipinski definition) is 3. The monoisotopic (exact) mass is 250 g/mol. The Hall–Kier alpha value is -1.68.